The predicted octanol–water partition coefficient (Wildman–Crippen LogP) is 11.1. The van der Waals surface area contributed by atoms with Gasteiger partial charge < -0.3 is 0 Å². The summed E-state index contributed by atoms with van der Waals surface area (Å²) in [5.74, 6) is 1.89. The molecule has 5 aromatic carbocycles. The summed E-state index contributed by atoms with van der Waals surface area (Å²) in [4.78, 5) is 0. The van der Waals surface area contributed by atoms with E-state index in [1.807, 2.05) is 0 Å². The van der Waals surface area contributed by atoms with Crippen LogP contribution in [0.3, 0.4) is 0 Å². The minimum absolute atomic E-state index is 0. The van der Waals surface area contributed by atoms with E-state index in [9.17, 15) is 0 Å². The topological polar surface area (TPSA) is 21.7 Å². The fourth-order valence-electron chi connectivity index (χ4n) is 7.16. The van der Waals surface area contributed by atoms with Crippen molar-refractivity contribution in [2.45, 2.75) is 77.3 Å². The molecule has 0 radical (unpaired) electrons. The second-order valence-electron chi connectivity index (χ2n) is 11.9. The van der Waals surface area contributed by atoms with Gasteiger partial charge in [0.05, 0.1) is 12.1 Å². The largest absolute Gasteiger partial charge is 1.00 e. The van der Waals surface area contributed by atoms with Gasteiger partial charge in [-0.05, 0) is 70.5 Å². The van der Waals surface area contributed by atoms with Crippen molar-refractivity contribution in [3.63, 3.8) is 0 Å². The average molecular weight is 638 g/mol. The minimum atomic E-state index is -1.93. The van der Waals surface area contributed by atoms with Crippen LogP contribution in [-0.4, -0.2) is 10.7 Å². The first-order chi connectivity index (χ1) is 20.8. The Morgan fingerprint density at radius 2 is 1.23 bits per heavy atom. The summed E-state index contributed by atoms with van der Waals surface area (Å²) < 4.78 is 17.2. The summed E-state index contributed by atoms with van der Waals surface area (Å²) in [7, 11) is -1.93. The van der Waals surface area contributed by atoms with Crippen molar-refractivity contribution in [1.29, 1.82) is 0 Å². The zero-order chi connectivity index (χ0) is 28.5. The molecule has 3 nitrogen and oxygen atoms in total. The Labute approximate surface area is 268 Å². The van der Waals surface area contributed by atoms with E-state index in [1.54, 1.807) is 0 Å². The molecular formula is C38H41CuNO2P+2. The number of aryl methyl sites for hydroxylation is 1. The van der Waals surface area contributed by atoms with Crippen LogP contribution in [0, 0.1) is 0 Å². The van der Waals surface area contributed by atoms with Gasteiger partial charge in [-0.2, -0.15) is 0 Å². The molecule has 0 fully saturated rings. The number of rotatable bonds is 9. The monoisotopic (exact) mass is 637 g/mol. The average Bonchev–Trinajstić information content (AvgIpc) is 3.37. The van der Waals surface area contributed by atoms with E-state index < -0.39 is 8.53 Å². The molecule has 1 atom stereocenters. The molecule has 43 heavy (non-hydrogen) atoms. The van der Waals surface area contributed by atoms with Crippen LogP contribution < -0.4 is 9.05 Å². The second kappa shape index (κ2) is 13.4. The first-order valence-electron chi connectivity index (χ1n) is 15.9. The molecule has 5 aromatic rings. The molecule has 1 unspecified atom stereocenters. The Hall–Kier alpha value is -2.87. The Kier molecular flexibility index (Phi) is 9.41. The van der Waals surface area contributed by atoms with Crippen LogP contribution in [0.5, 0.6) is 11.5 Å². The smallest absolute Gasteiger partial charge is 0.292 e. The van der Waals surface area contributed by atoms with Gasteiger partial charge >= 0.3 is 25.6 Å². The molecule has 0 amide bonds. The third-order valence-corrected chi connectivity index (χ3v) is 11.1. The van der Waals surface area contributed by atoms with Gasteiger partial charge in [-0.25, -0.2) is 0 Å². The standard InChI is InChI=1S/C38H40NO2P.Cu/c1-3-5-16-30(17-6-4-2)39(34-24-21-27-13-7-10-18-31(27)34)42-40-35-25-22-28-14-8-11-19-32(28)37(35)38-33-20-12-9-15-29(33)23-26-36(38)41-42;/h7-15,18-20,22-23,25-26,30,34H,3-6,16-17,21,24H2,1-2H3;/q;+1/p+1. The van der Waals surface area contributed by atoms with Gasteiger partial charge in [0.25, 0.3) is 0 Å². The van der Waals surface area contributed by atoms with E-state index in [4.69, 9.17) is 9.05 Å². The van der Waals surface area contributed by atoms with Crippen LogP contribution in [0.2, 0.25) is 0 Å². The third kappa shape index (κ3) is 5.72. The van der Waals surface area contributed by atoms with Gasteiger partial charge in [0.2, 0.25) is 0 Å². The maximum atomic E-state index is 7.23. The number of hydrogen-bond donors (Lipinski definition) is 0. The molecule has 1 heterocycles. The zero-order valence-electron chi connectivity index (χ0n) is 25.1. The van der Waals surface area contributed by atoms with E-state index in [0.29, 0.717) is 12.1 Å². The van der Waals surface area contributed by atoms with E-state index >= 15 is 0 Å². The Morgan fingerprint density at radius 1 is 0.698 bits per heavy atom. The minimum Gasteiger partial charge on any atom is -0.292 e. The van der Waals surface area contributed by atoms with Crippen LogP contribution >= 0.6 is 8.53 Å². The molecule has 7 rings (SSSR count). The molecule has 0 saturated carbocycles. The van der Waals surface area contributed by atoms with Crippen LogP contribution in [0.1, 0.15) is 76.0 Å². The molecule has 1 aliphatic heterocycles. The summed E-state index contributed by atoms with van der Waals surface area (Å²) in [6.45, 7) is 4.61. The molecule has 0 bridgehead atoms. The van der Waals surface area contributed by atoms with E-state index in [2.05, 4.69) is 116 Å². The van der Waals surface area contributed by atoms with Crippen molar-refractivity contribution in [3.05, 3.63) is 108 Å². The van der Waals surface area contributed by atoms with Crippen LogP contribution in [0.25, 0.3) is 32.7 Å². The van der Waals surface area contributed by atoms with Crippen LogP contribution in [0.15, 0.2) is 97.1 Å². The molecule has 1 aliphatic carbocycles. The van der Waals surface area contributed by atoms with Crippen molar-refractivity contribution in [1.82, 2.24) is 4.67 Å². The number of unbranched alkanes of at least 4 members (excludes halogenated alkanes) is 2. The number of hydrogen-bond acceptors (Lipinski definition) is 3. The first-order valence-corrected chi connectivity index (χ1v) is 17.2. The maximum absolute atomic E-state index is 7.23. The maximum Gasteiger partial charge on any atom is 1.00 e. The number of nitrogens with zero attached hydrogens (tertiary/aromatic N) is 1. The van der Waals surface area contributed by atoms with Crippen molar-refractivity contribution in [2.75, 3.05) is 0 Å². The number of benzene rings is 5. The van der Waals surface area contributed by atoms with Crippen molar-refractivity contribution >= 4 is 30.1 Å². The van der Waals surface area contributed by atoms with Crippen LogP contribution in [0.4, 0.5) is 0 Å². The van der Waals surface area contributed by atoms with E-state index in [1.165, 1.54) is 71.2 Å². The Balaban J connectivity index is 0.00000329. The van der Waals surface area contributed by atoms with E-state index in [-0.39, 0.29) is 17.1 Å². The fourth-order valence-corrected chi connectivity index (χ4v) is 9.21. The molecule has 0 N–H and O–H groups in total. The van der Waals surface area contributed by atoms with Crippen LogP contribution in [-0.2, 0) is 23.5 Å². The van der Waals surface area contributed by atoms with Gasteiger partial charge in [-0.15, -0.1) is 4.67 Å². The molecule has 2 aliphatic rings. The molecule has 224 valence electrons. The normalized spacial score (nSPS) is 15.9. The van der Waals surface area contributed by atoms with E-state index in [0.717, 1.165) is 35.5 Å². The summed E-state index contributed by atoms with van der Waals surface area (Å²) in [6, 6.07) is 36.0. The van der Waals surface area contributed by atoms with Gasteiger partial charge in [0, 0.05) is 11.1 Å². The molecule has 0 spiro atoms. The molecule has 5 heteroatoms. The van der Waals surface area contributed by atoms with Crippen molar-refractivity contribution in [3.8, 4) is 22.6 Å². The Bertz CT molecular complexity index is 1630. The quantitative estimate of drug-likeness (QED) is 0.119. The Morgan fingerprint density at radius 3 is 1.81 bits per heavy atom. The summed E-state index contributed by atoms with van der Waals surface area (Å²) in [5.41, 5.74) is 5.25. The summed E-state index contributed by atoms with van der Waals surface area (Å²) in [5, 5.41) is 4.87. The number of fused-ring (bicyclic) bond motifs is 8. The first kappa shape index (κ1) is 30.2. The van der Waals surface area contributed by atoms with Gasteiger partial charge in [-0.3, -0.25) is 9.05 Å². The third-order valence-electron chi connectivity index (χ3n) is 9.25. The van der Waals surface area contributed by atoms with Gasteiger partial charge in [0.1, 0.15) is 0 Å². The zero-order valence-corrected chi connectivity index (χ0v) is 27.1. The van der Waals surface area contributed by atoms with Crippen molar-refractivity contribution < 1.29 is 26.1 Å². The van der Waals surface area contributed by atoms with Gasteiger partial charge in [0.15, 0.2) is 11.5 Å². The van der Waals surface area contributed by atoms with Gasteiger partial charge in [-0.1, -0.05) is 124 Å². The second-order valence-corrected chi connectivity index (χ2v) is 13.3. The SMILES string of the molecule is CCCCC(CCCC)N(C1CCc2ccccc21)[PH+]1Oc2ccc3ccccc3c2-c2c(ccc3ccccc23)O1.[Cu+]. The summed E-state index contributed by atoms with van der Waals surface area (Å²) >= 11 is 0. The molecular weight excluding hydrogens is 597 g/mol. The predicted molar refractivity (Wildman–Crippen MR) is 179 cm³/mol. The molecule has 0 aromatic heterocycles. The molecule has 0 saturated heterocycles. The summed E-state index contributed by atoms with van der Waals surface area (Å²) in [6.07, 6.45) is 9.41. The van der Waals surface area contributed by atoms with Crippen molar-refractivity contribution in [2.24, 2.45) is 0 Å². The fraction of sp³-hybridized carbons (Fsp3) is 0.316.